The lowest BCUT2D eigenvalue weighted by molar-refractivity contribution is 0.0833. The lowest BCUT2D eigenvalue weighted by atomic mass is 9.93. The van der Waals surface area contributed by atoms with E-state index >= 15 is 0 Å². The summed E-state index contributed by atoms with van der Waals surface area (Å²) in [6, 6.07) is 1.67. The molecule has 2 N–H and O–H groups in total. The molecule has 4 nitrogen and oxygen atoms in total. The predicted molar refractivity (Wildman–Crippen MR) is 53.1 cm³/mol. The van der Waals surface area contributed by atoms with E-state index in [0.717, 1.165) is 0 Å². The number of Topliss-reactive ketones (excluding diaryl/α,β-unsaturated/α-hetero) is 1. The summed E-state index contributed by atoms with van der Waals surface area (Å²) in [6.45, 7) is 0.791. The van der Waals surface area contributed by atoms with Crippen LogP contribution in [0.15, 0.2) is 21.2 Å². The zero-order valence-corrected chi connectivity index (χ0v) is 9.04. The molecule has 0 aromatic carbocycles. The molecule has 14 heavy (non-hydrogen) atoms. The zero-order valence-electron chi connectivity index (χ0n) is 7.46. The average Bonchev–Trinajstić information content (AvgIpc) is 2.74. The molecule has 1 aliphatic rings. The summed E-state index contributed by atoms with van der Waals surface area (Å²) in [5.41, 5.74) is 4.99. The summed E-state index contributed by atoms with van der Waals surface area (Å²) in [5, 5.41) is 0. The second kappa shape index (κ2) is 3.49. The highest BCUT2D eigenvalue weighted by atomic mass is 79.9. The molecular formula is C9H10BrNO3. The highest BCUT2D eigenvalue weighted by Gasteiger charge is 2.40. The summed E-state index contributed by atoms with van der Waals surface area (Å²) >= 11 is 3.23. The van der Waals surface area contributed by atoms with Gasteiger partial charge in [-0.15, -0.1) is 0 Å². The number of carbonyl (C=O) groups excluding carboxylic acids is 1. The van der Waals surface area contributed by atoms with Gasteiger partial charge in [-0.25, -0.2) is 0 Å². The first-order valence-electron chi connectivity index (χ1n) is 4.28. The van der Waals surface area contributed by atoms with Crippen LogP contribution in [0.4, 0.5) is 0 Å². The number of hydrogen-bond acceptors (Lipinski definition) is 4. The highest BCUT2D eigenvalue weighted by molar-refractivity contribution is 9.10. The number of ketones is 1. The van der Waals surface area contributed by atoms with E-state index in [9.17, 15) is 4.79 Å². The first-order valence-corrected chi connectivity index (χ1v) is 5.07. The molecule has 2 heterocycles. The van der Waals surface area contributed by atoms with Crippen LogP contribution in [0.5, 0.6) is 0 Å². The molecule has 0 spiro atoms. The molecule has 1 fully saturated rings. The van der Waals surface area contributed by atoms with Gasteiger partial charge in [0.05, 0.1) is 17.3 Å². The number of carbonyl (C=O) groups is 1. The van der Waals surface area contributed by atoms with E-state index in [1.165, 1.54) is 6.26 Å². The fourth-order valence-electron chi connectivity index (χ4n) is 1.44. The minimum absolute atomic E-state index is 0.202. The molecule has 0 radical (unpaired) electrons. The van der Waals surface area contributed by atoms with Crippen molar-refractivity contribution in [1.29, 1.82) is 0 Å². The normalized spacial score (nSPS) is 26.7. The minimum atomic E-state index is -0.916. The van der Waals surface area contributed by atoms with E-state index in [1.807, 2.05) is 0 Å². The monoisotopic (exact) mass is 259 g/mol. The van der Waals surface area contributed by atoms with Crippen molar-refractivity contribution in [1.82, 2.24) is 0 Å². The SMILES string of the molecule is NC1(C(=O)c2occc2Br)CCOC1. The Morgan fingerprint density at radius 1 is 1.64 bits per heavy atom. The second-order valence-electron chi connectivity index (χ2n) is 3.39. The van der Waals surface area contributed by atoms with Gasteiger partial charge < -0.3 is 14.9 Å². The van der Waals surface area contributed by atoms with Gasteiger partial charge in [-0.1, -0.05) is 0 Å². The van der Waals surface area contributed by atoms with E-state index in [1.54, 1.807) is 6.07 Å². The highest BCUT2D eigenvalue weighted by Crippen LogP contribution is 2.26. The van der Waals surface area contributed by atoms with E-state index in [4.69, 9.17) is 14.9 Å². The fraction of sp³-hybridized carbons (Fsp3) is 0.444. The number of halogens is 1. The molecule has 1 aliphatic heterocycles. The van der Waals surface area contributed by atoms with Crippen molar-refractivity contribution >= 4 is 21.7 Å². The van der Waals surface area contributed by atoms with Crippen LogP contribution in [-0.4, -0.2) is 24.5 Å². The Kier molecular flexibility index (Phi) is 2.47. The first-order chi connectivity index (χ1) is 6.63. The number of furan rings is 1. The molecule has 1 saturated heterocycles. The van der Waals surface area contributed by atoms with Gasteiger partial charge in [-0.05, 0) is 28.4 Å². The van der Waals surface area contributed by atoms with E-state index < -0.39 is 5.54 Å². The van der Waals surface area contributed by atoms with Gasteiger partial charge in [0.15, 0.2) is 5.76 Å². The standard InChI is InChI=1S/C9H10BrNO3/c10-6-1-3-14-7(6)8(12)9(11)2-4-13-5-9/h1,3H,2,4-5,11H2. The molecule has 0 bridgehead atoms. The summed E-state index contributed by atoms with van der Waals surface area (Å²) < 4.78 is 10.8. The molecule has 0 saturated carbocycles. The molecule has 1 aromatic rings. The van der Waals surface area contributed by atoms with Crippen molar-refractivity contribution in [3.63, 3.8) is 0 Å². The van der Waals surface area contributed by atoms with E-state index in [0.29, 0.717) is 17.5 Å². The van der Waals surface area contributed by atoms with Crippen LogP contribution < -0.4 is 5.73 Å². The van der Waals surface area contributed by atoms with Gasteiger partial charge in [0.2, 0.25) is 5.78 Å². The van der Waals surface area contributed by atoms with Crippen molar-refractivity contribution in [2.75, 3.05) is 13.2 Å². The second-order valence-corrected chi connectivity index (χ2v) is 4.24. The van der Waals surface area contributed by atoms with Crippen LogP contribution in [-0.2, 0) is 4.74 Å². The first kappa shape index (κ1) is 9.89. The molecule has 5 heteroatoms. The van der Waals surface area contributed by atoms with Crippen LogP contribution in [0.3, 0.4) is 0 Å². The van der Waals surface area contributed by atoms with E-state index in [-0.39, 0.29) is 18.2 Å². The van der Waals surface area contributed by atoms with Gasteiger partial charge in [0, 0.05) is 6.61 Å². The Morgan fingerprint density at radius 2 is 2.43 bits per heavy atom. The number of hydrogen-bond donors (Lipinski definition) is 1. The number of nitrogens with two attached hydrogens (primary N) is 1. The van der Waals surface area contributed by atoms with Crippen molar-refractivity contribution in [3.8, 4) is 0 Å². The maximum absolute atomic E-state index is 11.9. The van der Waals surface area contributed by atoms with Crippen molar-refractivity contribution < 1.29 is 13.9 Å². The maximum atomic E-state index is 11.9. The molecule has 2 rings (SSSR count). The predicted octanol–water partition coefficient (Wildman–Crippen LogP) is 1.34. The van der Waals surface area contributed by atoms with Crippen LogP contribution >= 0.6 is 15.9 Å². The van der Waals surface area contributed by atoms with Crippen molar-refractivity contribution in [2.45, 2.75) is 12.0 Å². The van der Waals surface area contributed by atoms with E-state index in [2.05, 4.69) is 15.9 Å². The smallest absolute Gasteiger partial charge is 0.221 e. The van der Waals surface area contributed by atoms with Gasteiger partial charge in [0.25, 0.3) is 0 Å². The Balaban J connectivity index is 2.28. The third-order valence-corrected chi connectivity index (χ3v) is 2.95. The topological polar surface area (TPSA) is 65.5 Å². The Bertz CT molecular complexity index is 355. The number of ether oxygens (including phenoxy) is 1. The minimum Gasteiger partial charge on any atom is -0.460 e. The zero-order chi connectivity index (χ0) is 10.2. The third kappa shape index (κ3) is 1.51. The summed E-state index contributed by atoms with van der Waals surface area (Å²) in [5.74, 6) is 0.0740. The van der Waals surface area contributed by atoms with Gasteiger partial charge >= 0.3 is 0 Å². The average molecular weight is 260 g/mol. The molecular weight excluding hydrogens is 250 g/mol. The van der Waals surface area contributed by atoms with Crippen LogP contribution in [0.1, 0.15) is 17.0 Å². The third-order valence-electron chi connectivity index (χ3n) is 2.33. The van der Waals surface area contributed by atoms with Gasteiger partial charge in [0.1, 0.15) is 5.54 Å². The van der Waals surface area contributed by atoms with Gasteiger partial charge in [-0.2, -0.15) is 0 Å². The maximum Gasteiger partial charge on any atom is 0.221 e. The molecule has 1 atom stereocenters. The van der Waals surface area contributed by atoms with Gasteiger partial charge in [-0.3, -0.25) is 4.79 Å². The lowest BCUT2D eigenvalue weighted by Gasteiger charge is -2.18. The summed E-state index contributed by atoms with van der Waals surface area (Å²) in [6.07, 6.45) is 2.00. The molecule has 76 valence electrons. The largest absolute Gasteiger partial charge is 0.460 e. The summed E-state index contributed by atoms with van der Waals surface area (Å²) in [4.78, 5) is 11.9. The van der Waals surface area contributed by atoms with Crippen LogP contribution in [0.2, 0.25) is 0 Å². The lowest BCUT2D eigenvalue weighted by Crippen LogP contribution is -2.48. The Hall–Kier alpha value is -0.650. The van der Waals surface area contributed by atoms with Crippen molar-refractivity contribution in [3.05, 3.63) is 22.6 Å². The molecule has 0 aliphatic carbocycles. The van der Waals surface area contributed by atoms with Crippen LogP contribution in [0.25, 0.3) is 0 Å². The van der Waals surface area contributed by atoms with Crippen LogP contribution in [0, 0.1) is 0 Å². The fourth-order valence-corrected chi connectivity index (χ4v) is 1.82. The van der Waals surface area contributed by atoms with Crippen molar-refractivity contribution in [2.24, 2.45) is 5.73 Å². The molecule has 1 unspecified atom stereocenters. The quantitative estimate of drug-likeness (QED) is 0.815. The molecule has 1 aromatic heterocycles. The summed E-state index contributed by atoms with van der Waals surface area (Å²) in [7, 11) is 0. The number of rotatable bonds is 2. The molecule has 0 amide bonds. The Labute approximate surface area is 89.5 Å². The Morgan fingerprint density at radius 3 is 2.93 bits per heavy atom.